The van der Waals surface area contributed by atoms with Crippen LogP contribution < -0.4 is 15.5 Å². The first-order valence-electron chi connectivity index (χ1n) is 11.2. The van der Waals surface area contributed by atoms with E-state index >= 15 is 4.39 Å². The predicted molar refractivity (Wildman–Crippen MR) is 122 cm³/mol. The first kappa shape index (κ1) is 20.4. The fraction of sp³-hybridized carbons (Fsp3) is 0.391. The molecular formula is C23H25F2N7O. The van der Waals surface area contributed by atoms with E-state index in [2.05, 4.69) is 20.5 Å². The third-order valence-electron chi connectivity index (χ3n) is 6.30. The highest BCUT2D eigenvalue weighted by Gasteiger charge is 2.24. The maximum absolute atomic E-state index is 15.5. The largest absolute Gasteiger partial charge is 0.381 e. The summed E-state index contributed by atoms with van der Waals surface area (Å²) in [6, 6.07) is 4.93. The molecular weight excluding hydrogens is 428 g/mol. The predicted octanol–water partition coefficient (Wildman–Crippen LogP) is 3.07. The zero-order chi connectivity index (χ0) is 22.5. The highest BCUT2D eigenvalue weighted by Crippen LogP contribution is 2.33. The third-order valence-corrected chi connectivity index (χ3v) is 6.30. The van der Waals surface area contributed by atoms with Gasteiger partial charge in [0, 0.05) is 62.8 Å². The van der Waals surface area contributed by atoms with Gasteiger partial charge in [0.2, 0.25) is 0 Å². The number of nitrogens with one attached hydrogen (secondary N) is 2. The lowest BCUT2D eigenvalue weighted by Crippen LogP contribution is -2.43. The van der Waals surface area contributed by atoms with Crippen LogP contribution in [0.25, 0.3) is 16.6 Å². The highest BCUT2D eigenvalue weighted by atomic mass is 19.1. The summed E-state index contributed by atoms with van der Waals surface area (Å²) in [6.45, 7) is 7.17. The molecule has 33 heavy (non-hydrogen) atoms. The molecule has 0 saturated carbocycles. The van der Waals surface area contributed by atoms with E-state index in [1.165, 1.54) is 6.07 Å². The number of anilines is 3. The number of benzene rings is 1. The molecule has 0 radical (unpaired) electrons. The number of hydrogen-bond donors (Lipinski definition) is 2. The average molecular weight is 453 g/mol. The number of imidazole rings is 1. The van der Waals surface area contributed by atoms with Crippen LogP contribution in [0.3, 0.4) is 0 Å². The van der Waals surface area contributed by atoms with Crippen LogP contribution in [0.4, 0.5) is 26.0 Å². The lowest BCUT2D eigenvalue weighted by molar-refractivity contribution is -0.0402. The van der Waals surface area contributed by atoms with Gasteiger partial charge in [0.25, 0.3) is 0 Å². The Morgan fingerprint density at radius 1 is 1.12 bits per heavy atom. The molecule has 0 spiro atoms. The number of halogens is 2. The second-order valence-corrected chi connectivity index (χ2v) is 8.81. The Hall–Kier alpha value is -3.24. The van der Waals surface area contributed by atoms with Crippen molar-refractivity contribution in [1.82, 2.24) is 24.5 Å². The number of aryl methyl sites for hydroxylation is 1. The molecule has 0 bridgehead atoms. The van der Waals surface area contributed by atoms with Crippen LogP contribution in [-0.4, -0.2) is 58.6 Å². The summed E-state index contributed by atoms with van der Waals surface area (Å²) < 4.78 is 38.9. The molecule has 4 aromatic rings. The monoisotopic (exact) mass is 453 g/mol. The summed E-state index contributed by atoms with van der Waals surface area (Å²) in [5, 5.41) is 11.6. The van der Waals surface area contributed by atoms with Gasteiger partial charge in [0.1, 0.15) is 5.82 Å². The number of nitrogens with zero attached hydrogens (tertiary/aromatic N) is 5. The Kier molecular flexibility index (Phi) is 4.92. The lowest BCUT2D eigenvalue weighted by Gasteiger charge is -2.30. The fourth-order valence-corrected chi connectivity index (χ4v) is 4.59. The molecule has 3 aromatic heterocycles. The van der Waals surface area contributed by atoms with Crippen molar-refractivity contribution >= 4 is 33.7 Å². The van der Waals surface area contributed by atoms with Gasteiger partial charge in [-0.25, -0.2) is 13.8 Å². The van der Waals surface area contributed by atoms with Crippen LogP contribution in [0.1, 0.15) is 5.69 Å². The van der Waals surface area contributed by atoms with Crippen molar-refractivity contribution in [2.75, 3.05) is 49.6 Å². The number of ether oxygens (including phenoxy) is 1. The number of piperazine rings is 1. The van der Waals surface area contributed by atoms with Crippen molar-refractivity contribution in [2.24, 2.45) is 5.92 Å². The van der Waals surface area contributed by atoms with Crippen LogP contribution in [0.5, 0.6) is 0 Å². The number of rotatable bonds is 5. The molecule has 0 atom stereocenters. The van der Waals surface area contributed by atoms with Crippen molar-refractivity contribution in [3.63, 3.8) is 0 Å². The second kappa shape index (κ2) is 7.96. The molecule has 2 fully saturated rings. The molecule has 0 aliphatic carbocycles. The van der Waals surface area contributed by atoms with Crippen molar-refractivity contribution in [2.45, 2.75) is 13.5 Å². The van der Waals surface area contributed by atoms with Gasteiger partial charge in [-0.3, -0.25) is 4.68 Å². The molecule has 172 valence electrons. The van der Waals surface area contributed by atoms with E-state index in [-0.39, 0.29) is 11.5 Å². The first-order valence-corrected chi connectivity index (χ1v) is 11.2. The summed E-state index contributed by atoms with van der Waals surface area (Å²) in [5.41, 5.74) is 3.01. The SMILES string of the molecule is Cc1cn2cc(Nc3nn(CC4COC4)c4cc(N5CCNCC5)cc(F)c34)cc(F)c2n1. The number of pyridine rings is 1. The van der Waals surface area contributed by atoms with Gasteiger partial charge in [-0.15, -0.1) is 0 Å². The maximum Gasteiger partial charge on any atom is 0.173 e. The smallest absolute Gasteiger partial charge is 0.173 e. The number of hydrogen-bond acceptors (Lipinski definition) is 6. The number of fused-ring (bicyclic) bond motifs is 2. The molecule has 0 unspecified atom stereocenters. The molecule has 10 heteroatoms. The first-order chi connectivity index (χ1) is 16.0. The Morgan fingerprint density at radius 2 is 1.94 bits per heavy atom. The molecule has 2 aliphatic rings. The number of aromatic nitrogens is 4. The topological polar surface area (TPSA) is 71.7 Å². The van der Waals surface area contributed by atoms with Crippen LogP contribution in [0.2, 0.25) is 0 Å². The normalized spacial score (nSPS) is 17.1. The molecule has 5 heterocycles. The quantitative estimate of drug-likeness (QED) is 0.484. The van der Waals surface area contributed by atoms with Crippen molar-refractivity contribution in [3.05, 3.63) is 47.9 Å². The van der Waals surface area contributed by atoms with E-state index in [0.717, 1.165) is 43.1 Å². The zero-order valence-corrected chi connectivity index (χ0v) is 18.3. The van der Waals surface area contributed by atoms with Gasteiger partial charge in [-0.05, 0) is 19.1 Å². The summed E-state index contributed by atoms with van der Waals surface area (Å²) in [4.78, 5) is 6.37. The van der Waals surface area contributed by atoms with Gasteiger partial charge in [-0.2, -0.15) is 5.10 Å². The van der Waals surface area contributed by atoms with E-state index in [1.54, 1.807) is 22.9 Å². The highest BCUT2D eigenvalue weighted by molar-refractivity contribution is 5.94. The van der Waals surface area contributed by atoms with Crippen LogP contribution in [0, 0.1) is 24.5 Å². The minimum absolute atomic E-state index is 0.255. The van der Waals surface area contributed by atoms with Crippen molar-refractivity contribution in [1.29, 1.82) is 0 Å². The fourth-order valence-electron chi connectivity index (χ4n) is 4.59. The van der Waals surface area contributed by atoms with Gasteiger partial charge in [-0.1, -0.05) is 0 Å². The van der Waals surface area contributed by atoms with E-state index in [1.807, 2.05) is 17.7 Å². The van der Waals surface area contributed by atoms with Gasteiger partial charge < -0.3 is 24.7 Å². The maximum atomic E-state index is 15.5. The second-order valence-electron chi connectivity index (χ2n) is 8.81. The van der Waals surface area contributed by atoms with Gasteiger partial charge in [0.15, 0.2) is 17.3 Å². The van der Waals surface area contributed by atoms with Crippen molar-refractivity contribution < 1.29 is 13.5 Å². The summed E-state index contributed by atoms with van der Waals surface area (Å²) in [6.07, 6.45) is 3.48. The zero-order valence-electron chi connectivity index (χ0n) is 18.3. The van der Waals surface area contributed by atoms with Gasteiger partial charge >= 0.3 is 0 Å². The molecule has 2 N–H and O–H groups in total. The molecule has 0 amide bonds. The van der Waals surface area contributed by atoms with E-state index < -0.39 is 5.82 Å². The third kappa shape index (κ3) is 3.68. The lowest BCUT2D eigenvalue weighted by atomic mass is 10.1. The average Bonchev–Trinajstić information content (AvgIpc) is 3.31. The van der Waals surface area contributed by atoms with Crippen LogP contribution in [0.15, 0.2) is 30.6 Å². The van der Waals surface area contributed by atoms with Crippen molar-refractivity contribution in [3.8, 4) is 0 Å². The van der Waals surface area contributed by atoms with E-state index in [9.17, 15) is 4.39 Å². The Balaban J connectivity index is 1.43. The van der Waals surface area contributed by atoms with Crippen LogP contribution in [-0.2, 0) is 11.3 Å². The van der Waals surface area contributed by atoms with Gasteiger partial charge in [0.05, 0.1) is 35.5 Å². The summed E-state index contributed by atoms with van der Waals surface area (Å²) in [5.74, 6) is -0.0932. The molecule has 2 aliphatic heterocycles. The molecule has 1 aromatic carbocycles. The Labute approximate surface area is 189 Å². The Bertz CT molecular complexity index is 1340. The molecule has 8 nitrogen and oxygen atoms in total. The minimum atomic E-state index is -0.454. The van der Waals surface area contributed by atoms with E-state index in [0.29, 0.717) is 42.6 Å². The Morgan fingerprint density at radius 3 is 2.70 bits per heavy atom. The molecule has 2 saturated heterocycles. The van der Waals surface area contributed by atoms with Crippen LogP contribution >= 0.6 is 0 Å². The minimum Gasteiger partial charge on any atom is -0.381 e. The molecule has 6 rings (SSSR count). The summed E-state index contributed by atoms with van der Waals surface area (Å²) >= 11 is 0. The van der Waals surface area contributed by atoms with E-state index in [4.69, 9.17) is 9.84 Å². The standard InChI is InChI=1S/C23H25F2N7O/c1-14-9-31-11-16(6-19(25)23(31)27-14)28-22-21-18(24)7-17(30-4-2-26-3-5-30)8-20(21)32(29-22)10-15-12-33-13-15/h6-9,11,15,26H,2-5,10,12-13H2,1H3,(H,28,29). The summed E-state index contributed by atoms with van der Waals surface area (Å²) in [7, 11) is 0.